The molecule has 0 spiro atoms. The molecule has 2 nitrogen and oxygen atoms in total. The summed E-state index contributed by atoms with van der Waals surface area (Å²) in [7, 11) is 0. The molecule has 1 atom stereocenters. The van der Waals surface area contributed by atoms with E-state index in [4.69, 9.17) is 4.74 Å². The van der Waals surface area contributed by atoms with Crippen molar-refractivity contribution < 1.29 is 9.53 Å². The zero-order valence-corrected chi connectivity index (χ0v) is 11.9. The van der Waals surface area contributed by atoms with Crippen molar-refractivity contribution in [2.24, 2.45) is 0 Å². The van der Waals surface area contributed by atoms with Gasteiger partial charge in [0, 0.05) is 17.3 Å². The second-order valence-corrected chi connectivity index (χ2v) is 5.72. The SMILES string of the molecule is O=C1CCCC(Oc2ccc(Br)cc2Br)C1. The zero-order chi connectivity index (χ0) is 11.5. The summed E-state index contributed by atoms with van der Waals surface area (Å²) in [5, 5.41) is 0. The summed E-state index contributed by atoms with van der Waals surface area (Å²) >= 11 is 6.84. The Balaban J connectivity index is 2.05. The molecule has 16 heavy (non-hydrogen) atoms. The molecule has 1 aliphatic rings. The van der Waals surface area contributed by atoms with Crippen LogP contribution in [0.3, 0.4) is 0 Å². The van der Waals surface area contributed by atoms with Gasteiger partial charge in [0.05, 0.1) is 4.47 Å². The van der Waals surface area contributed by atoms with Gasteiger partial charge in [-0.3, -0.25) is 4.79 Å². The van der Waals surface area contributed by atoms with Gasteiger partial charge in [0.15, 0.2) is 0 Å². The molecule has 4 heteroatoms. The number of Topliss-reactive ketones (excluding diaryl/α,β-unsaturated/α-hetero) is 1. The second-order valence-electron chi connectivity index (χ2n) is 3.95. The van der Waals surface area contributed by atoms with Gasteiger partial charge in [0.25, 0.3) is 0 Å². The third kappa shape index (κ3) is 3.08. The minimum absolute atomic E-state index is 0.0405. The van der Waals surface area contributed by atoms with Gasteiger partial charge >= 0.3 is 0 Å². The molecule has 0 amide bonds. The van der Waals surface area contributed by atoms with E-state index in [-0.39, 0.29) is 6.10 Å². The Morgan fingerprint density at radius 3 is 2.81 bits per heavy atom. The lowest BCUT2D eigenvalue weighted by Gasteiger charge is -2.22. The zero-order valence-electron chi connectivity index (χ0n) is 8.71. The molecule has 86 valence electrons. The predicted octanol–water partition coefficient (Wildman–Crippen LogP) is 4.10. The monoisotopic (exact) mass is 346 g/mol. The van der Waals surface area contributed by atoms with Gasteiger partial charge in [-0.15, -0.1) is 0 Å². The van der Waals surface area contributed by atoms with Gasteiger partial charge in [0.1, 0.15) is 17.6 Å². The Kier molecular flexibility index (Phi) is 4.03. The number of benzene rings is 1. The lowest BCUT2D eigenvalue weighted by Crippen LogP contribution is -2.25. The quantitative estimate of drug-likeness (QED) is 0.805. The van der Waals surface area contributed by atoms with E-state index in [1.807, 2.05) is 18.2 Å². The lowest BCUT2D eigenvalue weighted by atomic mass is 9.96. The number of carbonyl (C=O) groups is 1. The van der Waals surface area contributed by atoms with Crippen LogP contribution in [-0.4, -0.2) is 11.9 Å². The summed E-state index contributed by atoms with van der Waals surface area (Å²) in [5.74, 6) is 1.12. The molecule has 0 aromatic heterocycles. The average molecular weight is 348 g/mol. The van der Waals surface area contributed by atoms with Crippen LogP contribution in [0.5, 0.6) is 5.75 Å². The van der Waals surface area contributed by atoms with Crippen molar-refractivity contribution in [1.82, 2.24) is 0 Å². The largest absolute Gasteiger partial charge is 0.489 e. The number of rotatable bonds is 2. The fraction of sp³-hybridized carbons (Fsp3) is 0.417. The van der Waals surface area contributed by atoms with Gasteiger partial charge in [-0.05, 0) is 47.0 Å². The number of carbonyl (C=O) groups excluding carboxylic acids is 1. The molecule has 0 N–H and O–H groups in total. The first-order valence-corrected chi connectivity index (χ1v) is 6.87. The highest BCUT2D eigenvalue weighted by atomic mass is 79.9. The van der Waals surface area contributed by atoms with Gasteiger partial charge in [-0.25, -0.2) is 0 Å². The highest BCUT2D eigenvalue weighted by Gasteiger charge is 2.21. The van der Waals surface area contributed by atoms with E-state index in [0.29, 0.717) is 18.6 Å². The lowest BCUT2D eigenvalue weighted by molar-refractivity contribution is -0.122. The van der Waals surface area contributed by atoms with Crippen molar-refractivity contribution in [2.75, 3.05) is 0 Å². The molecule has 0 saturated heterocycles. The van der Waals surface area contributed by atoms with Crippen LogP contribution in [0.4, 0.5) is 0 Å². The Hall–Kier alpha value is -0.350. The summed E-state index contributed by atoms with van der Waals surface area (Å²) in [6, 6.07) is 5.79. The topological polar surface area (TPSA) is 26.3 Å². The molecule has 1 aromatic carbocycles. The maximum absolute atomic E-state index is 11.3. The Bertz CT molecular complexity index is 404. The van der Waals surface area contributed by atoms with Crippen molar-refractivity contribution in [2.45, 2.75) is 31.8 Å². The van der Waals surface area contributed by atoms with Crippen LogP contribution in [0.15, 0.2) is 27.1 Å². The Morgan fingerprint density at radius 2 is 2.12 bits per heavy atom. The molecule has 0 bridgehead atoms. The number of halogens is 2. The van der Waals surface area contributed by atoms with E-state index in [0.717, 1.165) is 27.5 Å². The van der Waals surface area contributed by atoms with Crippen LogP contribution in [-0.2, 0) is 4.79 Å². The summed E-state index contributed by atoms with van der Waals surface area (Å²) in [6.07, 6.45) is 3.20. The van der Waals surface area contributed by atoms with Crippen LogP contribution in [0.25, 0.3) is 0 Å². The Labute approximate surface area is 112 Å². The van der Waals surface area contributed by atoms with Gasteiger partial charge in [-0.1, -0.05) is 15.9 Å². The summed E-state index contributed by atoms with van der Waals surface area (Å²) in [4.78, 5) is 11.3. The highest BCUT2D eigenvalue weighted by Crippen LogP contribution is 2.31. The second kappa shape index (κ2) is 5.32. The average Bonchev–Trinajstić information content (AvgIpc) is 2.22. The number of ether oxygens (including phenoxy) is 1. The van der Waals surface area contributed by atoms with E-state index < -0.39 is 0 Å². The molecule has 1 saturated carbocycles. The van der Waals surface area contributed by atoms with Crippen molar-refractivity contribution in [3.8, 4) is 5.75 Å². The van der Waals surface area contributed by atoms with Crippen molar-refractivity contribution in [3.05, 3.63) is 27.1 Å². The van der Waals surface area contributed by atoms with E-state index >= 15 is 0 Å². The van der Waals surface area contributed by atoms with Crippen molar-refractivity contribution in [1.29, 1.82) is 0 Å². The number of hydrogen-bond donors (Lipinski definition) is 0. The Morgan fingerprint density at radius 1 is 1.31 bits per heavy atom. The van der Waals surface area contributed by atoms with Crippen molar-refractivity contribution in [3.63, 3.8) is 0 Å². The molecule has 0 radical (unpaired) electrons. The molecular formula is C12H12Br2O2. The summed E-state index contributed by atoms with van der Waals surface area (Å²) in [5.41, 5.74) is 0. The first kappa shape index (κ1) is 12.1. The third-order valence-corrected chi connectivity index (χ3v) is 3.74. The maximum Gasteiger partial charge on any atom is 0.136 e. The third-order valence-electron chi connectivity index (χ3n) is 2.62. The highest BCUT2D eigenvalue weighted by molar-refractivity contribution is 9.11. The standard InChI is InChI=1S/C12H12Br2O2/c13-8-4-5-12(11(14)6-8)16-10-3-1-2-9(15)7-10/h4-6,10H,1-3,7H2. The molecule has 1 aromatic rings. The van der Waals surface area contributed by atoms with E-state index in [2.05, 4.69) is 31.9 Å². The van der Waals surface area contributed by atoms with E-state index in [1.54, 1.807) is 0 Å². The minimum Gasteiger partial charge on any atom is -0.489 e. The minimum atomic E-state index is 0.0405. The van der Waals surface area contributed by atoms with Crippen LogP contribution >= 0.6 is 31.9 Å². The summed E-state index contributed by atoms with van der Waals surface area (Å²) < 4.78 is 7.75. The van der Waals surface area contributed by atoms with Crippen molar-refractivity contribution >= 4 is 37.6 Å². The number of hydrogen-bond acceptors (Lipinski definition) is 2. The van der Waals surface area contributed by atoms with E-state index in [1.165, 1.54) is 0 Å². The summed E-state index contributed by atoms with van der Waals surface area (Å²) in [6.45, 7) is 0. The van der Waals surface area contributed by atoms with E-state index in [9.17, 15) is 4.79 Å². The molecule has 0 heterocycles. The first-order valence-electron chi connectivity index (χ1n) is 5.28. The van der Waals surface area contributed by atoms with Gasteiger partial charge in [0.2, 0.25) is 0 Å². The van der Waals surface area contributed by atoms with Gasteiger partial charge < -0.3 is 4.74 Å². The molecule has 1 fully saturated rings. The first-order chi connectivity index (χ1) is 7.65. The fourth-order valence-electron chi connectivity index (χ4n) is 1.84. The smallest absolute Gasteiger partial charge is 0.136 e. The van der Waals surface area contributed by atoms with Crippen LogP contribution in [0.2, 0.25) is 0 Å². The molecule has 1 aliphatic carbocycles. The molecular weight excluding hydrogens is 336 g/mol. The van der Waals surface area contributed by atoms with Crippen LogP contribution < -0.4 is 4.74 Å². The molecule has 1 unspecified atom stereocenters. The molecule has 0 aliphatic heterocycles. The molecule has 2 rings (SSSR count). The normalized spacial score (nSPS) is 20.9. The maximum atomic E-state index is 11.3. The van der Waals surface area contributed by atoms with Crippen LogP contribution in [0.1, 0.15) is 25.7 Å². The fourth-order valence-corrected chi connectivity index (χ4v) is 2.98. The predicted molar refractivity (Wildman–Crippen MR) is 69.7 cm³/mol. The number of ketones is 1. The van der Waals surface area contributed by atoms with Crippen LogP contribution in [0, 0.1) is 0 Å². The van der Waals surface area contributed by atoms with Gasteiger partial charge in [-0.2, -0.15) is 0 Å².